The van der Waals surface area contributed by atoms with Crippen molar-refractivity contribution in [3.05, 3.63) is 29.3 Å². The van der Waals surface area contributed by atoms with Crippen molar-refractivity contribution in [2.45, 2.75) is 50.6 Å². The van der Waals surface area contributed by atoms with Gasteiger partial charge in [0.1, 0.15) is 11.9 Å². The van der Waals surface area contributed by atoms with Crippen LogP contribution in [-0.4, -0.2) is 11.7 Å². The topological polar surface area (TPSA) is 46.2 Å². The summed E-state index contributed by atoms with van der Waals surface area (Å²) in [7, 11) is 0. The van der Waals surface area contributed by atoms with Gasteiger partial charge >= 0.3 is 0 Å². The van der Waals surface area contributed by atoms with E-state index in [0.717, 1.165) is 18.4 Å². The molecule has 1 saturated carbocycles. The van der Waals surface area contributed by atoms with Gasteiger partial charge < -0.3 is 10.8 Å². The molecule has 1 aliphatic carbocycles. The number of halogens is 1. The van der Waals surface area contributed by atoms with Gasteiger partial charge in [-0.15, -0.1) is 0 Å². The van der Waals surface area contributed by atoms with Gasteiger partial charge in [0.2, 0.25) is 0 Å². The van der Waals surface area contributed by atoms with Crippen LogP contribution in [0, 0.1) is 0 Å². The molecule has 1 fully saturated rings. The SMILES string of the molecule is CC(F)c1cc(C2(CN)CCCCC2)ccc1O. The van der Waals surface area contributed by atoms with Crippen molar-refractivity contribution in [1.29, 1.82) is 0 Å². The number of nitrogens with two attached hydrogens (primary N) is 1. The highest BCUT2D eigenvalue weighted by Gasteiger charge is 2.33. The minimum atomic E-state index is -1.15. The van der Waals surface area contributed by atoms with Crippen molar-refractivity contribution < 1.29 is 9.50 Å². The van der Waals surface area contributed by atoms with Crippen molar-refractivity contribution in [2.75, 3.05) is 6.54 Å². The molecule has 0 spiro atoms. The Bertz CT molecular complexity index is 411. The van der Waals surface area contributed by atoms with Crippen LogP contribution in [0.15, 0.2) is 18.2 Å². The number of benzene rings is 1. The average molecular weight is 251 g/mol. The lowest BCUT2D eigenvalue weighted by Gasteiger charge is -2.37. The molecular formula is C15H22FNO. The second-order valence-corrected chi connectivity index (χ2v) is 5.43. The zero-order chi connectivity index (χ0) is 13.2. The van der Waals surface area contributed by atoms with Gasteiger partial charge in [0.15, 0.2) is 0 Å². The van der Waals surface area contributed by atoms with E-state index in [2.05, 4.69) is 0 Å². The number of phenolic OH excluding ortho intramolecular Hbond substituents is 1. The molecule has 0 amide bonds. The Morgan fingerprint density at radius 3 is 2.56 bits per heavy atom. The lowest BCUT2D eigenvalue weighted by Crippen LogP contribution is -2.37. The average Bonchev–Trinajstić information content (AvgIpc) is 2.39. The molecule has 2 rings (SSSR count). The molecule has 0 bridgehead atoms. The van der Waals surface area contributed by atoms with Gasteiger partial charge in [-0.2, -0.15) is 0 Å². The first-order chi connectivity index (χ1) is 8.59. The van der Waals surface area contributed by atoms with Gasteiger partial charge in [-0.25, -0.2) is 4.39 Å². The van der Waals surface area contributed by atoms with E-state index >= 15 is 0 Å². The molecule has 100 valence electrons. The Balaban J connectivity index is 2.39. The largest absolute Gasteiger partial charge is 0.508 e. The monoisotopic (exact) mass is 251 g/mol. The smallest absolute Gasteiger partial charge is 0.126 e. The number of aromatic hydroxyl groups is 1. The van der Waals surface area contributed by atoms with Crippen molar-refractivity contribution in [3.8, 4) is 5.75 Å². The highest BCUT2D eigenvalue weighted by Crippen LogP contribution is 2.41. The third-order valence-electron chi connectivity index (χ3n) is 4.27. The van der Waals surface area contributed by atoms with Crippen LogP contribution in [-0.2, 0) is 5.41 Å². The third-order valence-corrected chi connectivity index (χ3v) is 4.27. The maximum atomic E-state index is 13.5. The summed E-state index contributed by atoms with van der Waals surface area (Å²) in [5.41, 5.74) is 7.43. The minimum absolute atomic E-state index is 0.0183. The lowest BCUT2D eigenvalue weighted by atomic mass is 9.69. The molecule has 1 atom stereocenters. The molecule has 0 heterocycles. The Morgan fingerprint density at radius 2 is 2.00 bits per heavy atom. The molecule has 1 aromatic carbocycles. The summed E-state index contributed by atoms with van der Waals surface area (Å²) in [5, 5.41) is 9.69. The van der Waals surface area contributed by atoms with Crippen LogP contribution in [0.25, 0.3) is 0 Å². The van der Waals surface area contributed by atoms with E-state index in [9.17, 15) is 9.50 Å². The predicted molar refractivity (Wildman–Crippen MR) is 71.4 cm³/mol. The van der Waals surface area contributed by atoms with E-state index < -0.39 is 6.17 Å². The van der Waals surface area contributed by atoms with Gasteiger partial charge in [-0.3, -0.25) is 0 Å². The summed E-state index contributed by atoms with van der Waals surface area (Å²) in [6, 6.07) is 5.31. The zero-order valence-corrected chi connectivity index (χ0v) is 11.0. The van der Waals surface area contributed by atoms with Gasteiger partial charge in [-0.05, 0) is 37.5 Å². The summed E-state index contributed by atoms with van der Waals surface area (Å²) in [4.78, 5) is 0. The fourth-order valence-corrected chi connectivity index (χ4v) is 3.04. The fraction of sp³-hybridized carbons (Fsp3) is 0.600. The van der Waals surface area contributed by atoms with E-state index in [0.29, 0.717) is 12.1 Å². The minimum Gasteiger partial charge on any atom is -0.508 e. The quantitative estimate of drug-likeness (QED) is 0.862. The number of phenols is 1. The van der Waals surface area contributed by atoms with Crippen LogP contribution >= 0.6 is 0 Å². The number of hydrogen-bond acceptors (Lipinski definition) is 2. The molecular weight excluding hydrogens is 229 g/mol. The molecule has 3 N–H and O–H groups in total. The van der Waals surface area contributed by atoms with E-state index in [1.165, 1.54) is 26.2 Å². The first-order valence-corrected chi connectivity index (χ1v) is 6.76. The van der Waals surface area contributed by atoms with Crippen molar-refractivity contribution >= 4 is 0 Å². The maximum absolute atomic E-state index is 13.5. The summed E-state index contributed by atoms with van der Waals surface area (Å²) in [5.74, 6) is 0.0386. The van der Waals surface area contributed by atoms with Crippen molar-refractivity contribution in [2.24, 2.45) is 5.73 Å². The zero-order valence-electron chi connectivity index (χ0n) is 11.0. The summed E-state index contributed by atoms with van der Waals surface area (Å²) in [6.45, 7) is 2.05. The fourth-order valence-electron chi connectivity index (χ4n) is 3.04. The Labute approximate surface area is 108 Å². The summed E-state index contributed by atoms with van der Waals surface area (Å²) < 4.78 is 13.5. The standard InChI is InChI=1S/C15H22FNO/c1-11(16)13-9-12(5-6-14(13)18)15(10-17)7-3-2-4-8-15/h5-6,9,11,18H,2-4,7-8,10,17H2,1H3. The maximum Gasteiger partial charge on any atom is 0.126 e. The Morgan fingerprint density at radius 1 is 1.33 bits per heavy atom. The van der Waals surface area contributed by atoms with E-state index in [1.54, 1.807) is 12.1 Å². The van der Waals surface area contributed by atoms with E-state index in [-0.39, 0.29) is 11.2 Å². The highest BCUT2D eigenvalue weighted by molar-refractivity contribution is 5.41. The molecule has 1 unspecified atom stereocenters. The number of hydrogen-bond donors (Lipinski definition) is 2. The van der Waals surface area contributed by atoms with Crippen LogP contribution in [0.3, 0.4) is 0 Å². The second-order valence-electron chi connectivity index (χ2n) is 5.43. The van der Waals surface area contributed by atoms with Gasteiger partial charge in [0.25, 0.3) is 0 Å². The highest BCUT2D eigenvalue weighted by atomic mass is 19.1. The molecule has 18 heavy (non-hydrogen) atoms. The summed E-state index contributed by atoms with van der Waals surface area (Å²) >= 11 is 0. The molecule has 2 nitrogen and oxygen atoms in total. The van der Waals surface area contributed by atoms with Crippen LogP contribution in [0.5, 0.6) is 5.75 Å². The second kappa shape index (κ2) is 5.27. The first-order valence-electron chi connectivity index (χ1n) is 6.76. The van der Waals surface area contributed by atoms with Crippen LogP contribution < -0.4 is 5.73 Å². The molecule has 0 radical (unpaired) electrons. The molecule has 0 saturated heterocycles. The van der Waals surface area contributed by atoms with Crippen molar-refractivity contribution in [3.63, 3.8) is 0 Å². The van der Waals surface area contributed by atoms with E-state index in [4.69, 9.17) is 5.73 Å². The van der Waals surface area contributed by atoms with Gasteiger partial charge in [0.05, 0.1) is 0 Å². The first kappa shape index (κ1) is 13.3. The Kier molecular flexibility index (Phi) is 3.91. The molecule has 3 heteroatoms. The molecule has 1 aromatic rings. The number of alkyl halides is 1. The van der Waals surface area contributed by atoms with Gasteiger partial charge in [-0.1, -0.05) is 25.3 Å². The summed E-state index contributed by atoms with van der Waals surface area (Å²) in [6.07, 6.45) is 4.59. The van der Waals surface area contributed by atoms with Gasteiger partial charge in [0, 0.05) is 17.5 Å². The Hall–Kier alpha value is -1.09. The normalized spacial score (nSPS) is 20.6. The molecule has 0 aromatic heterocycles. The third kappa shape index (κ3) is 2.37. The van der Waals surface area contributed by atoms with Crippen LogP contribution in [0.2, 0.25) is 0 Å². The number of rotatable bonds is 3. The predicted octanol–water partition coefficient (Wildman–Crippen LogP) is 3.58. The van der Waals surface area contributed by atoms with Crippen LogP contribution in [0.4, 0.5) is 4.39 Å². The van der Waals surface area contributed by atoms with E-state index in [1.807, 2.05) is 6.07 Å². The van der Waals surface area contributed by atoms with Crippen molar-refractivity contribution in [1.82, 2.24) is 0 Å². The molecule has 0 aliphatic heterocycles. The lowest BCUT2D eigenvalue weighted by molar-refractivity contribution is 0.298. The van der Waals surface area contributed by atoms with Crippen LogP contribution in [0.1, 0.15) is 56.3 Å². The molecule has 1 aliphatic rings.